The van der Waals surface area contributed by atoms with Crippen molar-refractivity contribution in [3.8, 4) is 0 Å². The summed E-state index contributed by atoms with van der Waals surface area (Å²) in [5.41, 5.74) is 1.86. The number of carbonyl (C=O) groups excluding carboxylic acids is 3. The van der Waals surface area contributed by atoms with E-state index in [1.54, 1.807) is 16.7 Å². The van der Waals surface area contributed by atoms with Crippen molar-refractivity contribution in [1.29, 1.82) is 0 Å². The van der Waals surface area contributed by atoms with Gasteiger partial charge in [-0.15, -0.1) is 0 Å². The Labute approximate surface area is 250 Å². The van der Waals surface area contributed by atoms with E-state index in [0.717, 1.165) is 50.4 Å². The fraction of sp³-hybridized carbons (Fsp3) is 0.719. The number of fused-ring (bicyclic) bond motifs is 1. The van der Waals surface area contributed by atoms with Crippen molar-refractivity contribution in [1.82, 2.24) is 14.7 Å². The molecule has 8 nitrogen and oxygen atoms in total. The van der Waals surface area contributed by atoms with Gasteiger partial charge in [0.05, 0.1) is 0 Å². The lowest BCUT2D eigenvalue weighted by molar-refractivity contribution is -0.133. The van der Waals surface area contributed by atoms with E-state index in [1.807, 2.05) is 25.1 Å². The Kier molecular flexibility index (Phi) is 8.38. The van der Waals surface area contributed by atoms with Crippen molar-refractivity contribution in [2.24, 2.45) is 28.6 Å². The van der Waals surface area contributed by atoms with Crippen molar-refractivity contribution < 1.29 is 19.1 Å². The van der Waals surface area contributed by atoms with Gasteiger partial charge in [0.1, 0.15) is 6.10 Å². The minimum Gasteiger partial charge on any atom is -0.446 e. The summed E-state index contributed by atoms with van der Waals surface area (Å²) in [4.78, 5) is 46.5. The Bertz CT molecular complexity index is 1150. The zero-order chi connectivity index (χ0) is 29.7. The number of ether oxygens (including phenoxy) is 1. The summed E-state index contributed by atoms with van der Waals surface area (Å²) < 4.78 is 5.93. The number of hydrogen-bond donors (Lipinski definition) is 0. The molecule has 4 aliphatic rings. The standard InChI is InChI=1S/C32H47ClN4O4/c1-21-8-9-25(16-27(21)33)37(30(40)41-26-10-14-35(15-11-26)22(2)38)13-7-12-34-17-23-19-36(20-24(23)18-34)29(39)28-31(3,4)32(28,5)6/h8-9,16,23-24,26,28H,7,10-15,17-20H2,1-6H3. The fourth-order valence-corrected chi connectivity index (χ4v) is 7.65. The maximum absolute atomic E-state index is 13.4. The first kappa shape index (κ1) is 30.1. The van der Waals surface area contributed by atoms with Crippen LogP contribution in [-0.4, -0.2) is 91.1 Å². The second kappa shape index (κ2) is 11.4. The number of nitrogens with zero attached hydrogens (tertiary/aromatic N) is 4. The predicted octanol–water partition coefficient (Wildman–Crippen LogP) is 5.06. The van der Waals surface area contributed by atoms with Crippen molar-refractivity contribution in [2.45, 2.75) is 66.9 Å². The monoisotopic (exact) mass is 586 g/mol. The van der Waals surface area contributed by atoms with Crippen LogP contribution in [0.3, 0.4) is 0 Å². The third-order valence-corrected chi connectivity index (χ3v) is 11.2. The number of carbonyl (C=O) groups is 3. The molecule has 1 aromatic rings. The van der Waals surface area contributed by atoms with E-state index < -0.39 is 0 Å². The lowest BCUT2D eigenvalue weighted by atomic mass is 10.0. The van der Waals surface area contributed by atoms with Gasteiger partial charge in [0.25, 0.3) is 0 Å². The number of anilines is 1. The molecule has 4 fully saturated rings. The molecule has 0 aromatic heterocycles. The second-order valence-electron chi connectivity index (χ2n) is 13.9. The summed E-state index contributed by atoms with van der Waals surface area (Å²) >= 11 is 6.43. The summed E-state index contributed by atoms with van der Waals surface area (Å²) in [5.74, 6) is 1.60. The van der Waals surface area contributed by atoms with E-state index in [-0.39, 0.29) is 34.9 Å². The minimum atomic E-state index is -0.357. The van der Waals surface area contributed by atoms with E-state index in [1.165, 1.54) is 0 Å². The molecule has 3 amide bonds. The first-order valence-corrected chi connectivity index (χ1v) is 15.7. The number of likely N-dealkylation sites (tertiary alicyclic amines) is 3. The topological polar surface area (TPSA) is 73.4 Å². The molecule has 0 N–H and O–H groups in total. The van der Waals surface area contributed by atoms with E-state index in [9.17, 15) is 14.4 Å². The van der Waals surface area contributed by atoms with E-state index in [4.69, 9.17) is 16.3 Å². The van der Waals surface area contributed by atoms with Gasteiger partial charge in [-0.25, -0.2) is 4.79 Å². The number of amides is 3. The molecule has 41 heavy (non-hydrogen) atoms. The number of aryl methyl sites for hydroxylation is 1. The molecule has 9 heteroatoms. The molecule has 0 spiro atoms. The van der Waals surface area contributed by atoms with E-state index in [2.05, 4.69) is 37.5 Å². The molecular weight excluding hydrogens is 540 g/mol. The van der Waals surface area contributed by atoms with Gasteiger partial charge >= 0.3 is 6.09 Å². The first-order chi connectivity index (χ1) is 19.3. The minimum absolute atomic E-state index is 0.0619. The largest absolute Gasteiger partial charge is 0.446 e. The Morgan fingerprint density at radius 1 is 0.976 bits per heavy atom. The molecule has 1 aromatic carbocycles. The highest BCUT2D eigenvalue weighted by Gasteiger charge is 2.69. The highest BCUT2D eigenvalue weighted by Crippen LogP contribution is 2.69. The Balaban J connectivity index is 1.13. The van der Waals surface area contributed by atoms with Crippen molar-refractivity contribution in [3.05, 3.63) is 28.8 Å². The van der Waals surface area contributed by atoms with Gasteiger partial charge in [-0.2, -0.15) is 0 Å². The van der Waals surface area contributed by atoms with E-state index in [0.29, 0.717) is 55.2 Å². The van der Waals surface area contributed by atoms with Gasteiger partial charge in [-0.1, -0.05) is 45.4 Å². The van der Waals surface area contributed by atoms with Crippen molar-refractivity contribution in [3.63, 3.8) is 0 Å². The van der Waals surface area contributed by atoms with Crippen LogP contribution in [0.1, 0.15) is 59.4 Å². The number of benzene rings is 1. The van der Waals surface area contributed by atoms with Gasteiger partial charge in [-0.05, 0) is 60.3 Å². The van der Waals surface area contributed by atoms with Crippen molar-refractivity contribution in [2.75, 3.05) is 57.3 Å². The van der Waals surface area contributed by atoms with Crippen LogP contribution in [0.15, 0.2) is 18.2 Å². The molecule has 2 unspecified atom stereocenters. The van der Waals surface area contributed by atoms with Crippen LogP contribution in [0.2, 0.25) is 5.02 Å². The van der Waals surface area contributed by atoms with Gasteiger partial charge < -0.3 is 19.4 Å². The molecule has 3 aliphatic heterocycles. The zero-order valence-corrected chi connectivity index (χ0v) is 26.4. The number of rotatable bonds is 7. The number of piperidine rings is 1. The quantitative estimate of drug-likeness (QED) is 0.446. The third kappa shape index (κ3) is 5.96. The lowest BCUT2D eigenvalue weighted by Gasteiger charge is -2.32. The van der Waals surface area contributed by atoms with Crippen LogP contribution in [0.4, 0.5) is 10.5 Å². The maximum atomic E-state index is 13.4. The lowest BCUT2D eigenvalue weighted by Crippen LogP contribution is -2.43. The van der Waals surface area contributed by atoms with Crippen LogP contribution in [0.5, 0.6) is 0 Å². The predicted molar refractivity (Wildman–Crippen MR) is 161 cm³/mol. The molecule has 1 saturated carbocycles. The first-order valence-electron chi connectivity index (χ1n) is 15.3. The average molecular weight is 587 g/mol. The average Bonchev–Trinajstić information content (AvgIpc) is 3.25. The van der Waals surface area contributed by atoms with Gasteiger partial charge in [0.2, 0.25) is 11.8 Å². The van der Waals surface area contributed by atoms with Crippen molar-refractivity contribution >= 4 is 35.2 Å². The smallest absolute Gasteiger partial charge is 0.414 e. The highest BCUT2D eigenvalue weighted by molar-refractivity contribution is 6.31. The SMILES string of the molecule is CC(=O)N1CCC(OC(=O)N(CCCN2CC3CN(C(=O)C4C(C)(C)C4(C)C)CC3C2)c2ccc(C)c(Cl)c2)CC1. The highest BCUT2D eigenvalue weighted by atomic mass is 35.5. The Hall–Kier alpha value is -2.32. The van der Waals surface area contributed by atoms with Crippen LogP contribution >= 0.6 is 11.6 Å². The van der Waals surface area contributed by atoms with Crippen LogP contribution < -0.4 is 4.90 Å². The Morgan fingerprint density at radius 3 is 2.12 bits per heavy atom. The van der Waals surface area contributed by atoms with Gasteiger partial charge in [0, 0.05) is 82.2 Å². The summed E-state index contributed by atoms with van der Waals surface area (Å²) in [7, 11) is 0. The van der Waals surface area contributed by atoms with Gasteiger partial charge in [0.15, 0.2) is 0 Å². The molecule has 2 atom stereocenters. The molecule has 226 valence electrons. The molecule has 0 radical (unpaired) electrons. The van der Waals surface area contributed by atoms with E-state index >= 15 is 0 Å². The second-order valence-corrected chi connectivity index (χ2v) is 14.3. The zero-order valence-electron chi connectivity index (χ0n) is 25.6. The number of halogens is 1. The Morgan fingerprint density at radius 2 is 1.59 bits per heavy atom. The number of hydrogen-bond acceptors (Lipinski definition) is 5. The normalized spacial score (nSPS) is 25.7. The fourth-order valence-electron chi connectivity index (χ4n) is 7.47. The molecule has 0 bridgehead atoms. The summed E-state index contributed by atoms with van der Waals surface area (Å²) in [6.45, 7) is 18.8. The summed E-state index contributed by atoms with van der Waals surface area (Å²) in [6, 6.07) is 5.70. The van der Waals surface area contributed by atoms with Crippen LogP contribution in [0.25, 0.3) is 0 Å². The molecule has 3 heterocycles. The molecule has 1 aliphatic carbocycles. The summed E-state index contributed by atoms with van der Waals surface area (Å²) in [5, 5.41) is 0.625. The third-order valence-electron chi connectivity index (χ3n) is 10.8. The molecular formula is C32H47ClN4O4. The maximum Gasteiger partial charge on any atom is 0.414 e. The van der Waals surface area contributed by atoms with Crippen LogP contribution in [-0.2, 0) is 14.3 Å². The summed E-state index contributed by atoms with van der Waals surface area (Å²) in [6.07, 6.45) is 1.57. The van der Waals surface area contributed by atoms with Crippen LogP contribution in [0, 0.1) is 35.5 Å². The molecule has 3 saturated heterocycles. The molecule has 5 rings (SSSR count). The van der Waals surface area contributed by atoms with Gasteiger partial charge in [-0.3, -0.25) is 14.5 Å².